The molecule has 0 aromatic heterocycles. The number of rotatable bonds is 6. The third-order valence-electron chi connectivity index (χ3n) is 3.58. The van der Waals surface area contributed by atoms with Crippen LogP contribution in [0.3, 0.4) is 0 Å². The fourth-order valence-corrected chi connectivity index (χ4v) is 2.32. The van der Waals surface area contributed by atoms with Crippen LogP contribution in [0.25, 0.3) is 10.8 Å². The van der Waals surface area contributed by atoms with Crippen LogP contribution in [0, 0.1) is 0 Å². The Balaban J connectivity index is 1.98. The van der Waals surface area contributed by atoms with Crippen molar-refractivity contribution < 1.29 is 4.79 Å². The quantitative estimate of drug-likeness (QED) is 0.799. The smallest absolute Gasteiger partial charge is 0.321 e. The zero-order valence-corrected chi connectivity index (χ0v) is 12.5. The molecule has 0 aliphatic carbocycles. The van der Waals surface area contributed by atoms with Gasteiger partial charge in [0.2, 0.25) is 0 Å². The van der Waals surface area contributed by atoms with Gasteiger partial charge in [-0.05, 0) is 30.8 Å². The summed E-state index contributed by atoms with van der Waals surface area (Å²) < 4.78 is 0. The van der Waals surface area contributed by atoms with Gasteiger partial charge in [0.25, 0.3) is 0 Å². The molecule has 4 nitrogen and oxygen atoms in total. The number of nitrogens with two attached hydrogens (primary N) is 1. The first-order chi connectivity index (χ1) is 10.2. The van der Waals surface area contributed by atoms with E-state index in [4.69, 9.17) is 5.73 Å². The van der Waals surface area contributed by atoms with Gasteiger partial charge in [-0.1, -0.05) is 42.8 Å². The van der Waals surface area contributed by atoms with E-state index in [1.165, 1.54) is 0 Å². The molecule has 0 aliphatic heterocycles. The standard InChI is InChI=1S/C17H23N3O/c1-20(13-6-2-5-12-18)17(21)19-16-11-7-9-14-8-3-4-10-15(14)16/h3-4,7-11H,2,5-6,12-13,18H2,1H3,(H,19,21). The van der Waals surface area contributed by atoms with Crippen LogP contribution in [0.4, 0.5) is 10.5 Å². The summed E-state index contributed by atoms with van der Waals surface area (Å²) in [7, 11) is 1.82. The first-order valence-corrected chi connectivity index (χ1v) is 7.42. The van der Waals surface area contributed by atoms with E-state index in [0.717, 1.165) is 42.3 Å². The maximum Gasteiger partial charge on any atom is 0.321 e. The van der Waals surface area contributed by atoms with Crippen molar-refractivity contribution in [2.24, 2.45) is 5.73 Å². The van der Waals surface area contributed by atoms with Crippen molar-refractivity contribution in [2.45, 2.75) is 19.3 Å². The summed E-state index contributed by atoms with van der Waals surface area (Å²) in [5.41, 5.74) is 6.32. The number of fused-ring (bicyclic) bond motifs is 1. The fourth-order valence-electron chi connectivity index (χ4n) is 2.32. The predicted molar refractivity (Wildman–Crippen MR) is 88.5 cm³/mol. The number of nitrogens with zero attached hydrogens (tertiary/aromatic N) is 1. The molecule has 0 saturated heterocycles. The summed E-state index contributed by atoms with van der Waals surface area (Å²) >= 11 is 0. The predicted octanol–water partition coefficient (Wildman–Crippen LogP) is 3.43. The summed E-state index contributed by atoms with van der Waals surface area (Å²) in [5.74, 6) is 0. The molecular formula is C17H23N3O. The third-order valence-corrected chi connectivity index (χ3v) is 3.58. The first kappa shape index (κ1) is 15.3. The van der Waals surface area contributed by atoms with E-state index in [1.807, 2.05) is 49.5 Å². The zero-order valence-electron chi connectivity index (χ0n) is 12.5. The number of hydrogen-bond acceptors (Lipinski definition) is 2. The lowest BCUT2D eigenvalue weighted by Crippen LogP contribution is -2.32. The van der Waals surface area contributed by atoms with Gasteiger partial charge < -0.3 is 16.0 Å². The Kier molecular flexibility index (Phi) is 5.58. The topological polar surface area (TPSA) is 58.4 Å². The Morgan fingerprint density at radius 1 is 1.10 bits per heavy atom. The fraction of sp³-hybridized carbons (Fsp3) is 0.353. The molecule has 2 aromatic rings. The molecule has 2 amide bonds. The van der Waals surface area contributed by atoms with Crippen molar-refractivity contribution in [2.75, 3.05) is 25.5 Å². The molecule has 4 heteroatoms. The average molecular weight is 285 g/mol. The Morgan fingerprint density at radius 3 is 2.67 bits per heavy atom. The number of urea groups is 1. The minimum absolute atomic E-state index is 0.0703. The van der Waals surface area contributed by atoms with Crippen LogP contribution in [-0.2, 0) is 0 Å². The highest BCUT2D eigenvalue weighted by atomic mass is 16.2. The van der Waals surface area contributed by atoms with E-state index in [1.54, 1.807) is 4.90 Å². The van der Waals surface area contributed by atoms with Crippen LogP contribution in [0.15, 0.2) is 42.5 Å². The maximum absolute atomic E-state index is 12.2. The van der Waals surface area contributed by atoms with Gasteiger partial charge in [0.1, 0.15) is 0 Å². The Bertz CT molecular complexity index is 592. The summed E-state index contributed by atoms with van der Waals surface area (Å²) in [4.78, 5) is 13.9. The average Bonchev–Trinajstić information content (AvgIpc) is 2.51. The number of amides is 2. The van der Waals surface area contributed by atoms with Gasteiger partial charge in [-0.3, -0.25) is 0 Å². The molecule has 0 radical (unpaired) electrons. The minimum Gasteiger partial charge on any atom is -0.330 e. The van der Waals surface area contributed by atoms with Gasteiger partial charge in [-0.2, -0.15) is 0 Å². The summed E-state index contributed by atoms with van der Waals surface area (Å²) in [6, 6.07) is 13.9. The van der Waals surface area contributed by atoms with Crippen LogP contribution in [0.1, 0.15) is 19.3 Å². The van der Waals surface area contributed by atoms with Crippen LogP contribution in [0.2, 0.25) is 0 Å². The summed E-state index contributed by atoms with van der Waals surface area (Å²) in [5, 5.41) is 5.17. The Hall–Kier alpha value is -2.07. The molecule has 0 saturated carbocycles. The second-order valence-electron chi connectivity index (χ2n) is 5.23. The largest absolute Gasteiger partial charge is 0.330 e. The molecule has 112 valence electrons. The number of anilines is 1. The number of carbonyl (C=O) groups is 1. The van der Waals surface area contributed by atoms with Crippen molar-refractivity contribution in [3.8, 4) is 0 Å². The second kappa shape index (κ2) is 7.64. The van der Waals surface area contributed by atoms with Crippen molar-refractivity contribution >= 4 is 22.5 Å². The molecule has 0 unspecified atom stereocenters. The monoisotopic (exact) mass is 285 g/mol. The van der Waals surface area contributed by atoms with Gasteiger partial charge in [-0.15, -0.1) is 0 Å². The highest BCUT2D eigenvalue weighted by Crippen LogP contribution is 2.23. The third kappa shape index (κ3) is 4.20. The molecule has 0 heterocycles. The molecule has 0 bridgehead atoms. The lowest BCUT2D eigenvalue weighted by Gasteiger charge is -2.18. The van der Waals surface area contributed by atoms with E-state index in [0.29, 0.717) is 6.54 Å². The highest BCUT2D eigenvalue weighted by Gasteiger charge is 2.09. The van der Waals surface area contributed by atoms with Crippen molar-refractivity contribution in [1.29, 1.82) is 0 Å². The van der Waals surface area contributed by atoms with E-state index >= 15 is 0 Å². The summed E-state index contributed by atoms with van der Waals surface area (Å²) in [6.07, 6.45) is 3.05. The molecule has 0 atom stereocenters. The van der Waals surface area contributed by atoms with Crippen molar-refractivity contribution in [1.82, 2.24) is 4.90 Å². The van der Waals surface area contributed by atoms with Crippen LogP contribution >= 0.6 is 0 Å². The Morgan fingerprint density at radius 2 is 1.86 bits per heavy atom. The van der Waals surface area contributed by atoms with Crippen LogP contribution < -0.4 is 11.1 Å². The number of nitrogens with one attached hydrogen (secondary N) is 1. The van der Waals surface area contributed by atoms with E-state index < -0.39 is 0 Å². The molecular weight excluding hydrogens is 262 g/mol. The normalized spacial score (nSPS) is 10.6. The molecule has 0 fully saturated rings. The maximum atomic E-state index is 12.2. The number of benzene rings is 2. The molecule has 0 spiro atoms. The highest BCUT2D eigenvalue weighted by molar-refractivity contribution is 6.01. The molecule has 0 aliphatic rings. The zero-order chi connectivity index (χ0) is 15.1. The van der Waals surface area contributed by atoms with Gasteiger partial charge in [0, 0.05) is 19.0 Å². The lowest BCUT2D eigenvalue weighted by molar-refractivity contribution is 0.221. The van der Waals surface area contributed by atoms with Crippen molar-refractivity contribution in [3.05, 3.63) is 42.5 Å². The Labute approximate surface area is 125 Å². The van der Waals surface area contributed by atoms with Gasteiger partial charge >= 0.3 is 6.03 Å². The van der Waals surface area contributed by atoms with Crippen molar-refractivity contribution in [3.63, 3.8) is 0 Å². The summed E-state index contributed by atoms with van der Waals surface area (Å²) in [6.45, 7) is 1.46. The van der Waals surface area contributed by atoms with Gasteiger partial charge in [0.15, 0.2) is 0 Å². The number of hydrogen-bond donors (Lipinski definition) is 2. The number of carbonyl (C=O) groups excluding carboxylic acids is 1. The molecule has 2 rings (SSSR count). The van der Waals surface area contributed by atoms with E-state index in [2.05, 4.69) is 5.32 Å². The van der Waals surface area contributed by atoms with Gasteiger partial charge in [-0.25, -0.2) is 4.79 Å². The van der Waals surface area contributed by atoms with E-state index in [9.17, 15) is 4.79 Å². The SMILES string of the molecule is CN(CCCCCN)C(=O)Nc1cccc2ccccc12. The van der Waals surface area contributed by atoms with E-state index in [-0.39, 0.29) is 6.03 Å². The molecule has 21 heavy (non-hydrogen) atoms. The van der Waals surface area contributed by atoms with Crippen LogP contribution in [0.5, 0.6) is 0 Å². The molecule has 3 N–H and O–H groups in total. The first-order valence-electron chi connectivity index (χ1n) is 7.42. The molecule has 2 aromatic carbocycles. The number of unbranched alkanes of at least 4 members (excludes halogenated alkanes) is 2. The minimum atomic E-state index is -0.0703. The second-order valence-corrected chi connectivity index (χ2v) is 5.23. The lowest BCUT2D eigenvalue weighted by atomic mass is 10.1. The van der Waals surface area contributed by atoms with Crippen LogP contribution in [-0.4, -0.2) is 31.1 Å². The van der Waals surface area contributed by atoms with Gasteiger partial charge in [0.05, 0.1) is 5.69 Å².